The molecule has 0 saturated carbocycles. The highest BCUT2D eigenvalue weighted by atomic mass is 35.6. The molecule has 0 bridgehead atoms. The lowest BCUT2D eigenvalue weighted by molar-refractivity contribution is -0.115. The van der Waals surface area contributed by atoms with Crippen molar-refractivity contribution in [1.82, 2.24) is 10.6 Å². The minimum absolute atomic E-state index is 0.606. The summed E-state index contributed by atoms with van der Waals surface area (Å²) in [6, 6.07) is 5.70. The lowest BCUT2D eigenvalue weighted by atomic mass is 10.1. The molecule has 1 amide bonds. The molecule has 0 radical (unpaired) electrons. The smallest absolute Gasteiger partial charge is 0.276 e. The normalized spacial score (nSPS) is 11.5. The van der Waals surface area contributed by atoms with Gasteiger partial charge in [0.15, 0.2) is 0 Å². The van der Waals surface area contributed by atoms with E-state index in [0.717, 1.165) is 30.8 Å². The number of carbonyl (C=O) groups excluding carboxylic acids is 1. The van der Waals surface area contributed by atoms with Crippen LogP contribution >= 0.6 is 34.8 Å². The van der Waals surface area contributed by atoms with Gasteiger partial charge in [-0.25, -0.2) is 0 Å². The first kappa shape index (κ1) is 19.5. The molecule has 0 saturated heterocycles. The van der Waals surface area contributed by atoms with E-state index in [1.54, 1.807) is 0 Å². The highest BCUT2D eigenvalue weighted by molar-refractivity contribution is 6.76. The van der Waals surface area contributed by atoms with Gasteiger partial charge in [-0.15, -0.1) is 0 Å². The summed E-state index contributed by atoms with van der Waals surface area (Å²) < 4.78 is -1.98. The zero-order chi connectivity index (χ0) is 16.6. The molecule has 0 spiro atoms. The Labute approximate surface area is 145 Å². The quantitative estimate of drug-likeness (QED) is 0.418. The van der Waals surface area contributed by atoms with E-state index in [1.807, 2.05) is 25.1 Å². The van der Waals surface area contributed by atoms with E-state index in [-0.39, 0.29) is 0 Å². The summed E-state index contributed by atoms with van der Waals surface area (Å²) in [5.41, 5.74) is 8.05. The van der Waals surface area contributed by atoms with E-state index >= 15 is 0 Å². The van der Waals surface area contributed by atoms with Gasteiger partial charge in [0, 0.05) is 38.4 Å². The summed E-state index contributed by atoms with van der Waals surface area (Å²) in [6.07, 6.45) is 0. The van der Waals surface area contributed by atoms with E-state index in [2.05, 4.69) is 16.0 Å². The predicted molar refractivity (Wildman–Crippen MR) is 93.7 cm³/mol. The fourth-order valence-corrected chi connectivity index (χ4v) is 2.02. The van der Waals surface area contributed by atoms with Gasteiger partial charge in [0.1, 0.15) is 0 Å². The van der Waals surface area contributed by atoms with E-state index in [9.17, 15) is 4.79 Å². The average Bonchev–Trinajstić information content (AvgIpc) is 2.41. The molecule has 0 aromatic heterocycles. The Morgan fingerprint density at radius 1 is 1.14 bits per heavy atom. The van der Waals surface area contributed by atoms with E-state index in [1.165, 1.54) is 0 Å². The van der Waals surface area contributed by atoms with Gasteiger partial charge in [0.25, 0.3) is 9.70 Å². The van der Waals surface area contributed by atoms with Crippen LogP contribution in [0, 0.1) is 6.92 Å². The Hall–Kier alpha value is -0.560. The summed E-state index contributed by atoms with van der Waals surface area (Å²) in [5, 5.41) is 9.10. The van der Waals surface area contributed by atoms with Gasteiger partial charge in [-0.3, -0.25) is 4.79 Å². The molecule has 0 aliphatic rings. The number of carbonyl (C=O) groups is 1. The molecule has 5 N–H and O–H groups in total. The molecule has 0 heterocycles. The van der Waals surface area contributed by atoms with Gasteiger partial charge in [0.05, 0.1) is 0 Å². The summed E-state index contributed by atoms with van der Waals surface area (Å²) in [6.45, 7) is 5.73. The van der Waals surface area contributed by atoms with Crippen molar-refractivity contribution in [2.45, 2.75) is 17.3 Å². The third-order valence-corrected chi connectivity index (χ3v) is 3.30. The Balaban J connectivity index is 2.53. The highest BCUT2D eigenvalue weighted by Crippen LogP contribution is 2.28. The minimum atomic E-state index is -1.98. The van der Waals surface area contributed by atoms with Crippen molar-refractivity contribution in [3.05, 3.63) is 29.3 Å². The largest absolute Gasteiger partial charge is 0.329 e. The zero-order valence-corrected chi connectivity index (χ0v) is 14.7. The molecule has 5 nitrogen and oxygen atoms in total. The van der Waals surface area contributed by atoms with Crippen LogP contribution in [-0.2, 0) is 11.3 Å². The molecular weight excluding hydrogens is 347 g/mol. The summed E-state index contributed by atoms with van der Waals surface area (Å²) in [7, 11) is 0. The average molecular weight is 368 g/mol. The molecule has 1 aromatic carbocycles. The van der Waals surface area contributed by atoms with Crippen LogP contribution in [0.3, 0.4) is 0 Å². The number of benzene rings is 1. The third kappa shape index (κ3) is 7.63. The molecule has 0 fully saturated rings. The zero-order valence-electron chi connectivity index (χ0n) is 12.4. The lowest BCUT2D eigenvalue weighted by Gasteiger charge is -2.13. The van der Waals surface area contributed by atoms with E-state index in [0.29, 0.717) is 18.8 Å². The number of hydrogen-bond donors (Lipinski definition) is 4. The standard InChI is InChI=1S/C14H21Cl3N4O/c1-10-6-11(9-20-5-4-19-3-2-18)8-12(7-10)21-13(22)14(15,16)17/h6-8,19-20H,2-5,9,18H2,1H3,(H,21,22). The van der Waals surface area contributed by atoms with Crippen molar-refractivity contribution in [3.63, 3.8) is 0 Å². The number of aryl methyl sites for hydroxylation is 1. The number of nitrogens with one attached hydrogen (secondary N) is 3. The van der Waals surface area contributed by atoms with Gasteiger partial charge in [-0.1, -0.05) is 40.9 Å². The number of amides is 1. The minimum Gasteiger partial charge on any atom is -0.329 e. The van der Waals surface area contributed by atoms with Gasteiger partial charge in [-0.2, -0.15) is 0 Å². The first-order chi connectivity index (χ1) is 10.3. The predicted octanol–water partition coefficient (Wildman–Crippen LogP) is 1.94. The van der Waals surface area contributed by atoms with Crippen LogP contribution in [0.5, 0.6) is 0 Å². The molecule has 8 heteroatoms. The van der Waals surface area contributed by atoms with Crippen molar-refractivity contribution in [2.24, 2.45) is 5.73 Å². The molecule has 0 unspecified atom stereocenters. The second kappa shape index (κ2) is 9.55. The van der Waals surface area contributed by atoms with Crippen molar-refractivity contribution in [2.75, 3.05) is 31.5 Å². The maximum Gasteiger partial charge on any atom is 0.276 e. The monoisotopic (exact) mass is 366 g/mol. The van der Waals surface area contributed by atoms with Crippen molar-refractivity contribution < 1.29 is 4.79 Å². The SMILES string of the molecule is Cc1cc(CNCCNCCN)cc(NC(=O)C(Cl)(Cl)Cl)c1. The fraction of sp³-hybridized carbons (Fsp3) is 0.500. The number of halogens is 3. The van der Waals surface area contributed by atoms with Crippen LogP contribution in [0.25, 0.3) is 0 Å². The second-order valence-electron chi connectivity index (χ2n) is 4.87. The molecule has 1 rings (SSSR count). The Morgan fingerprint density at radius 2 is 1.82 bits per heavy atom. The van der Waals surface area contributed by atoms with Gasteiger partial charge >= 0.3 is 0 Å². The van der Waals surface area contributed by atoms with Crippen LogP contribution < -0.4 is 21.7 Å². The maximum absolute atomic E-state index is 11.7. The fourth-order valence-electron chi connectivity index (χ4n) is 1.88. The second-order valence-corrected chi connectivity index (χ2v) is 7.16. The Bertz CT molecular complexity index is 491. The lowest BCUT2D eigenvalue weighted by Crippen LogP contribution is -2.30. The first-order valence-corrected chi connectivity index (χ1v) is 8.06. The van der Waals surface area contributed by atoms with Gasteiger partial charge in [0.2, 0.25) is 0 Å². The van der Waals surface area contributed by atoms with E-state index < -0.39 is 9.70 Å². The molecule has 124 valence electrons. The van der Waals surface area contributed by atoms with Crippen LogP contribution in [0.2, 0.25) is 0 Å². The van der Waals surface area contributed by atoms with Gasteiger partial charge in [-0.05, 0) is 30.2 Å². The third-order valence-electron chi connectivity index (χ3n) is 2.78. The van der Waals surface area contributed by atoms with Gasteiger partial charge < -0.3 is 21.7 Å². The number of rotatable bonds is 8. The van der Waals surface area contributed by atoms with Crippen LogP contribution in [0.4, 0.5) is 5.69 Å². The number of anilines is 1. The van der Waals surface area contributed by atoms with Crippen molar-refractivity contribution in [1.29, 1.82) is 0 Å². The summed E-state index contributed by atoms with van der Waals surface area (Å²) in [5.74, 6) is -0.673. The van der Waals surface area contributed by atoms with Crippen LogP contribution in [-0.4, -0.2) is 35.9 Å². The molecule has 22 heavy (non-hydrogen) atoms. The van der Waals surface area contributed by atoms with Crippen molar-refractivity contribution in [3.8, 4) is 0 Å². The van der Waals surface area contributed by atoms with Crippen LogP contribution in [0.15, 0.2) is 18.2 Å². The molecule has 0 aliphatic carbocycles. The molecule has 0 atom stereocenters. The summed E-state index contributed by atoms with van der Waals surface area (Å²) >= 11 is 16.6. The number of hydrogen-bond acceptors (Lipinski definition) is 4. The number of alkyl halides is 3. The first-order valence-electron chi connectivity index (χ1n) is 6.93. The van der Waals surface area contributed by atoms with E-state index in [4.69, 9.17) is 40.5 Å². The maximum atomic E-state index is 11.7. The molecule has 1 aromatic rings. The van der Waals surface area contributed by atoms with Crippen molar-refractivity contribution >= 4 is 46.4 Å². The van der Waals surface area contributed by atoms with Crippen LogP contribution in [0.1, 0.15) is 11.1 Å². The Morgan fingerprint density at radius 3 is 2.45 bits per heavy atom. The molecule has 0 aliphatic heterocycles. The Kier molecular flexibility index (Phi) is 8.46. The number of nitrogens with two attached hydrogens (primary N) is 1. The topological polar surface area (TPSA) is 79.2 Å². The summed E-state index contributed by atoms with van der Waals surface area (Å²) in [4.78, 5) is 11.7. The highest BCUT2D eigenvalue weighted by Gasteiger charge is 2.30. The molecular formula is C14H21Cl3N4O.